The maximum atomic E-state index is 5.53. The van der Waals surface area contributed by atoms with E-state index in [1.807, 2.05) is 26.1 Å². The molecule has 7 heteroatoms. The van der Waals surface area contributed by atoms with E-state index >= 15 is 0 Å². The van der Waals surface area contributed by atoms with Crippen molar-refractivity contribution in [2.45, 2.75) is 39.7 Å². The zero-order valence-corrected chi connectivity index (χ0v) is 12.5. The van der Waals surface area contributed by atoms with E-state index in [0.29, 0.717) is 17.8 Å². The van der Waals surface area contributed by atoms with E-state index in [0.717, 1.165) is 5.69 Å². The molecule has 0 saturated heterocycles. The number of nitrogens with zero attached hydrogens (tertiary/aromatic N) is 5. The third kappa shape index (κ3) is 3.23. The number of hydrogen-bond acceptors (Lipinski definition) is 6. The third-order valence-corrected chi connectivity index (χ3v) is 2.57. The molecule has 0 aliphatic carbocycles. The molecule has 0 bridgehead atoms. The SMILES string of the molecule is CNc1nc(OC(C)C)nc(-n2ccc(C(C)C)n2)n1. The van der Waals surface area contributed by atoms with E-state index in [9.17, 15) is 0 Å². The normalized spacial score (nSPS) is 11.2. The summed E-state index contributed by atoms with van der Waals surface area (Å²) in [5.41, 5.74) is 0.989. The Labute approximate surface area is 118 Å². The van der Waals surface area contributed by atoms with Crippen molar-refractivity contribution >= 4 is 5.95 Å². The largest absolute Gasteiger partial charge is 0.461 e. The predicted octanol–water partition coefficient (Wildman–Crippen LogP) is 2.01. The van der Waals surface area contributed by atoms with Gasteiger partial charge < -0.3 is 10.1 Å². The lowest BCUT2D eigenvalue weighted by Gasteiger charge is -2.10. The zero-order valence-electron chi connectivity index (χ0n) is 12.5. The van der Waals surface area contributed by atoms with Gasteiger partial charge in [-0.15, -0.1) is 0 Å². The molecule has 0 amide bonds. The summed E-state index contributed by atoms with van der Waals surface area (Å²) in [5.74, 6) is 1.24. The van der Waals surface area contributed by atoms with E-state index in [1.54, 1.807) is 11.7 Å². The molecule has 20 heavy (non-hydrogen) atoms. The Kier molecular flexibility index (Phi) is 4.16. The van der Waals surface area contributed by atoms with Crippen LogP contribution in [0, 0.1) is 0 Å². The van der Waals surface area contributed by atoms with Crippen LogP contribution in [0.2, 0.25) is 0 Å². The number of aromatic nitrogens is 5. The lowest BCUT2D eigenvalue weighted by atomic mass is 10.1. The molecule has 1 N–H and O–H groups in total. The van der Waals surface area contributed by atoms with Gasteiger partial charge in [0.25, 0.3) is 5.95 Å². The number of hydrogen-bond donors (Lipinski definition) is 1. The molecule has 0 saturated carbocycles. The van der Waals surface area contributed by atoms with Gasteiger partial charge >= 0.3 is 6.01 Å². The second-order valence-electron chi connectivity index (χ2n) is 5.00. The van der Waals surface area contributed by atoms with Crippen molar-refractivity contribution in [3.8, 4) is 12.0 Å². The van der Waals surface area contributed by atoms with Crippen LogP contribution in [-0.2, 0) is 0 Å². The highest BCUT2D eigenvalue weighted by molar-refractivity contribution is 5.29. The van der Waals surface area contributed by atoms with Crippen LogP contribution in [0.4, 0.5) is 5.95 Å². The molecule has 0 unspecified atom stereocenters. The monoisotopic (exact) mass is 276 g/mol. The summed E-state index contributed by atoms with van der Waals surface area (Å²) < 4.78 is 7.16. The summed E-state index contributed by atoms with van der Waals surface area (Å²) in [4.78, 5) is 12.7. The summed E-state index contributed by atoms with van der Waals surface area (Å²) >= 11 is 0. The average molecular weight is 276 g/mol. The van der Waals surface area contributed by atoms with Gasteiger partial charge in [-0.3, -0.25) is 0 Å². The molecule has 0 spiro atoms. The molecule has 2 aromatic rings. The number of anilines is 1. The van der Waals surface area contributed by atoms with Crippen molar-refractivity contribution in [3.63, 3.8) is 0 Å². The minimum atomic E-state index is -0.00111. The Morgan fingerprint density at radius 1 is 1.15 bits per heavy atom. The second-order valence-corrected chi connectivity index (χ2v) is 5.00. The molecule has 0 fully saturated rings. The average Bonchev–Trinajstić information content (AvgIpc) is 2.87. The van der Waals surface area contributed by atoms with E-state index in [2.05, 4.69) is 39.2 Å². The van der Waals surface area contributed by atoms with Crippen molar-refractivity contribution in [1.82, 2.24) is 24.7 Å². The van der Waals surface area contributed by atoms with Crippen molar-refractivity contribution in [2.75, 3.05) is 12.4 Å². The number of rotatable bonds is 5. The molecule has 0 aliphatic rings. The minimum Gasteiger partial charge on any atom is -0.461 e. The van der Waals surface area contributed by atoms with E-state index in [4.69, 9.17) is 4.74 Å². The van der Waals surface area contributed by atoms with Crippen LogP contribution >= 0.6 is 0 Å². The second kappa shape index (κ2) is 5.85. The van der Waals surface area contributed by atoms with Crippen LogP contribution in [0.25, 0.3) is 5.95 Å². The van der Waals surface area contributed by atoms with Crippen molar-refractivity contribution < 1.29 is 4.74 Å². The Hall–Kier alpha value is -2.18. The molecule has 2 aromatic heterocycles. The highest BCUT2D eigenvalue weighted by atomic mass is 16.5. The Bertz CT molecular complexity index is 578. The fraction of sp³-hybridized carbons (Fsp3) is 0.538. The minimum absolute atomic E-state index is 0.00111. The van der Waals surface area contributed by atoms with Crippen LogP contribution in [0.1, 0.15) is 39.3 Å². The summed E-state index contributed by atoms with van der Waals surface area (Å²) in [6.07, 6.45) is 1.84. The van der Waals surface area contributed by atoms with Crippen LogP contribution in [0.15, 0.2) is 12.3 Å². The molecular formula is C13H20N6O. The van der Waals surface area contributed by atoms with Crippen LogP contribution in [-0.4, -0.2) is 37.9 Å². The fourth-order valence-corrected chi connectivity index (χ4v) is 1.58. The van der Waals surface area contributed by atoms with Crippen molar-refractivity contribution in [3.05, 3.63) is 18.0 Å². The van der Waals surface area contributed by atoms with Gasteiger partial charge in [0.15, 0.2) is 0 Å². The van der Waals surface area contributed by atoms with Crippen LogP contribution in [0.3, 0.4) is 0 Å². The maximum absolute atomic E-state index is 5.53. The number of nitrogens with one attached hydrogen (secondary N) is 1. The molecule has 7 nitrogen and oxygen atoms in total. The standard InChI is InChI=1S/C13H20N6O/c1-8(2)10-6-7-19(18-10)12-15-11(14-5)16-13(17-12)20-9(3)4/h6-9H,1-5H3,(H,14,15,16,17). The third-order valence-electron chi connectivity index (χ3n) is 2.57. The molecule has 2 heterocycles. The number of ether oxygens (including phenoxy) is 1. The van der Waals surface area contributed by atoms with Gasteiger partial charge in [-0.05, 0) is 25.8 Å². The first-order valence-electron chi connectivity index (χ1n) is 6.66. The highest BCUT2D eigenvalue weighted by Gasteiger charge is 2.12. The Morgan fingerprint density at radius 2 is 1.90 bits per heavy atom. The maximum Gasteiger partial charge on any atom is 0.323 e. The van der Waals surface area contributed by atoms with Gasteiger partial charge in [0.2, 0.25) is 5.95 Å². The fourth-order valence-electron chi connectivity index (χ4n) is 1.58. The Morgan fingerprint density at radius 3 is 2.45 bits per heavy atom. The molecular weight excluding hydrogens is 256 g/mol. The molecule has 0 atom stereocenters. The van der Waals surface area contributed by atoms with Gasteiger partial charge in [0.1, 0.15) is 0 Å². The summed E-state index contributed by atoms with van der Waals surface area (Å²) in [6.45, 7) is 8.03. The summed E-state index contributed by atoms with van der Waals surface area (Å²) in [5, 5.41) is 7.35. The topological polar surface area (TPSA) is 77.8 Å². The van der Waals surface area contributed by atoms with Gasteiger partial charge in [-0.1, -0.05) is 13.8 Å². The van der Waals surface area contributed by atoms with Crippen molar-refractivity contribution in [1.29, 1.82) is 0 Å². The predicted molar refractivity (Wildman–Crippen MR) is 76.3 cm³/mol. The summed E-state index contributed by atoms with van der Waals surface area (Å²) in [6, 6.07) is 2.24. The molecule has 0 aromatic carbocycles. The molecule has 108 valence electrons. The van der Waals surface area contributed by atoms with Crippen LogP contribution < -0.4 is 10.1 Å². The van der Waals surface area contributed by atoms with E-state index in [-0.39, 0.29) is 12.1 Å². The first-order chi connectivity index (χ1) is 9.49. The highest BCUT2D eigenvalue weighted by Crippen LogP contribution is 2.15. The van der Waals surface area contributed by atoms with Crippen molar-refractivity contribution in [2.24, 2.45) is 0 Å². The van der Waals surface area contributed by atoms with Gasteiger partial charge in [-0.2, -0.15) is 20.1 Å². The first-order valence-corrected chi connectivity index (χ1v) is 6.66. The molecule has 0 radical (unpaired) electrons. The van der Waals surface area contributed by atoms with Gasteiger partial charge in [0.05, 0.1) is 11.8 Å². The molecule has 0 aliphatic heterocycles. The van der Waals surface area contributed by atoms with Gasteiger partial charge in [-0.25, -0.2) is 4.68 Å². The lowest BCUT2D eigenvalue weighted by molar-refractivity contribution is 0.221. The lowest BCUT2D eigenvalue weighted by Crippen LogP contribution is -2.13. The van der Waals surface area contributed by atoms with E-state index in [1.165, 1.54) is 0 Å². The first kappa shape index (κ1) is 14.2. The quantitative estimate of drug-likeness (QED) is 0.900. The zero-order chi connectivity index (χ0) is 14.7. The van der Waals surface area contributed by atoms with E-state index < -0.39 is 0 Å². The van der Waals surface area contributed by atoms with Gasteiger partial charge in [0, 0.05) is 13.2 Å². The Balaban J connectivity index is 2.38. The summed E-state index contributed by atoms with van der Waals surface area (Å²) in [7, 11) is 1.75. The van der Waals surface area contributed by atoms with Crippen LogP contribution in [0.5, 0.6) is 6.01 Å². The molecule has 2 rings (SSSR count). The smallest absolute Gasteiger partial charge is 0.323 e.